The van der Waals surface area contributed by atoms with Crippen LogP contribution in [0.3, 0.4) is 0 Å². The highest BCUT2D eigenvalue weighted by molar-refractivity contribution is 6.35. The molecule has 118 valence electrons. The second-order valence-electron chi connectivity index (χ2n) is 4.66. The lowest BCUT2D eigenvalue weighted by Crippen LogP contribution is -2.12. The number of aryl methyl sites for hydroxylation is 1. The Morgan fingerprint density at radius 2 is 2.13 bits per heavy atom. The summed E-state index contributed by atoms with van der Waals surface area (Å²) >= 11 is 11.9. The minimum atomic E-state index is -0.230. The van der Waals surface area contributed by atoms with Gasteiger partial charge in [-0.2, -0.15) is 4.98 Å². The normalized spacial score (nSPS) is 10.7. The van der Waals surface area contributed by atoms with Gasteiger partial charge in [-0.1, -0.05) is 28.4 Å². The van der Waals surface area contributed by atoms with Crippen LogP contribution in [0.1, 0.15) is 12.3 Å². The molecule has 0 atom stereocenters. The van der Waals surface area contributed by atoms with E-state index in [4.69, 9.17) is 32.1 Å². The number of halogens is 2. The Bertz CT molecular complexity index is 815. The van der Waals surface area contributed by atoms with Gasteiger partial charge in [0.15, 0.2) is 5.76 Å². The Hall–Kier alpha value is -2.31. The minimum absolute atomic E-state index is 0.169. The van der Waals surface area contributed by atoms with E-state index in [1.807, 2.05) is 0 Å². The molecular formula is C15H11Cl2N3O3. The lowest BCUT2D eigenvalue weighted by Gasteiger charge is -2.06. The fourth-order valence-electron chi connectivity index (χ4n) is 1.89. The van der Waals surface area contributed by atoms with Crippen LogP contribution in [0.25, 0.3) is 11.6 Å². The highest BCUT2D eigenvalue weighted by atomic mass is 35.5. The standard InChI is InChI=1S/C15H11Cl2N3O3/c16-9-3-4-10(17)11(8-9)18-13(21)5-6-14-19-15(20-23-14)12-2-1-7-22-12/h1-4,7-8H,5-6H2,(H,18,21). The lowest BCUT2D eigenvalue weighted by atomic mass is 10.2. The van der Waals surface area contributed by atoms with Gasteiger partial charge in [0.2, 0.25) is 17.6 Å². The summed E-state index contributed by atoms with van der Waals surface area (Å²) < 4.78 is 10.3. The summed E-state index contributed by atoms with van der Waals surface area (Å²) in [7, 11) is 0. The molecule has 6 nitrogen and oxygen atoms in total. The molecule has 1 aromatic carbocycles. The molecule has 8 heteroatoms. The van der Waals surface area contributed by atoms with Gasteiger partial charge in [0.1, 0.15) is 0 Å². The molecule has 0 fully saturated rings. The monoisotopic (exact) mass is 351 g/mol. The predicted molar refractivity (Wildman–Crippen MR) is 85.4 cm³/mol. The molecule has 0 bridgehead atoms. The molecular weight excluding hydrogens is 341 g/mol. The molecule has 0 saturated carbocycles. The summed E-state index contributed by atoms with van der Waals surface area (Å²) in [6, 6.07) is 8.31. The molecule has 0 aliphatic rings. The summed E-state index contributed by atoms with van der Waals surface area (Å²) in [4.78, 5) is 16.1. The molecule has 1 amide bonds. The number of aromatic nitrogens is 2. The van der Waals surface area contributed by atoms with Gasteiger partial charge >= 0.3 is 0 Å². The van der Waals surface area contributed by atoms with Gasteiger partial charge in [0.05, 0.1) is 17.0 Å². The van der Waals surface area contributed by atoms with E-state index in [1.54, 1.807) is 30.3 Å². The minimum Gasteiger partial charge on any atom is -0.461 e. The maximum atomic E-state index is 12.0. The molecule has 3 rings (SSSR count). The average Bonchev–Trinajstić information content (AvgIpc) is 3.19. The van der Waals surface area contributed by atoms with E-state index in [0.717, 1.165) is 0 Å². The lowest BCUT2D eigenvalue weighted by molar-refractivity contribution is -0.116. The highest BCUT2D eigenvalue weighted by Gasteiger charge is 2.13. The van der Waals surface area contributed by atoms with Gasteiger partial charge in [-0.15, -0.1) is 0 Å². The van der Waals surface area contributed by atoms with E-state index in [2.05, 4.69) is 15.5 Å². The molecule has 3 aromatic rings. The number of hydrogen-bond donors (Lipinski definition) is 1. The van der Waals surface area contributed by atoms with Crippen LogP contribution >= 0.6 is 23.2 Å². The second-order valence-corrected chi connectivity index (χ2v) is 5.51. The summed E-state index contributed by atoms with van der Waals surface area (Å²) in [6.07, 6.45) is 1.99. The van der Waals surface area contributed by atoms with Crippen LogP contribution in [0.2, 0.25) is 10.0 Å². The Morgan fingerprint density at radius 3 is 2.91 bits per heavy atom. The number of benzene rings is 1. The first kappa shape index (κ1) is 15.6. The fourth-order valence-corrected chi connectivity index (χ4v) is 2.23. The molecule has 0 radical (unpaired) electrons. The van der Waals surface area contributed by atoms with Gasteiger partial charge in [-0.3, -0.25) is 4.79 Å². The van der Waals surface area contributed by atoms with Gasteiger partial charge in [-0.25, -0.2) is 0 Å². The van der Waals surface area contributed by atoms with Crippen molar-refractivity contribution in [3.63, 3.8) is 0 Å². The van der Waals surface area contributed by atoms with Gasteiger partial charge in [-0.05, 0) is 30.3 Å². The largest absolute Gasteiger partial charge is 0.461 e. The summed E-state index contributed by atoms with van der Waals surface area (Å²) in [6.45, 7) is 0. The number of furan rings is 1. The van der Waals surface area contributed by atoms with Crippen molar-refractivity contribution in [1.82, 2.24) is 10.1 Å². The first-order valence-electron chi connectivity index (χ1n) is 6.73. The number of nitrogens with zero attached hydrogens (tertiary/aromatic N) is 2. The Balaban J connectivity index is 1.58. The van der Waals surface area contributed by atoms with Gasteiger partial charge < -0.3 is 14.3 Å². The summed E-state index contributed by atoms with van der Waals surface area (Å²) in [5.74, 6) is 0.981. The van der Waals surface area contributed by atoms with E-state index >= 15 is 0 Å². The highest BCUT2D eigenvalue weighted by Crippen LogP contribution is 2.25. The number of carbonyl (C=O) groups is 1. The van der Waals surface area contributed by atoms with Crippen LogP contribution in [0, 0.1) is 0 Å². The molecule has 2 aromatic heterocycles. The van der Waals surface area contributed by atoms with Crippen molar-refractivity contribution in [2.75, 3.05) is 5.32 Å². The van der Waals surface area contributed by atoms with E-state index < -0.39 is 0 Å². The second kappa shape index (κ2) is 6.85. The van der Waals surface area contributed by atoms with Crippen molar-refractivity contribution in [2.24, 2.45) is 0 Å². The van der Waals surface area contributed by atoms with Crippen molar-refractivity contribution in [1.29, 1.82) is 0 Å². The number of hydrogen-bond acceptors (Lipinski definition) is 5. The molecule has 0 saturated heterocycles. The molecule has 1 N–H and O–H groups in total. The SMILES string of the molecule is O=C(CCc1nc(-c2ccco2)no1)Nc1cc(Cl)ccc1Cl. The van der Waals surface area contributed by atoms with Crippen LogP contribution in [0.15, 0.2) is 45.5 Å². The number of anilines is 1. The van der Waals surface area contributed by atoms with E-state index in [-0.39, 0.29) is 12.3 Å². The maximum Gasteiger partial charge on any atom is 0.238 e. The zero-order valence-corrected chi connectivity index (χ0v) is 13.3. The molecule has 0 spiro atoms. The third kappa shape index (κ3) is 3.91. The third-order valence-corrected chi connectivity index (χ3v) is 3.54. The number of carbonyl (C=O) groups excluding carboxylic acids is 1. The molecule has 23 heavy (non-hydrogen) atoms. The number of rotatable bonds is 5. The average molecular weight is 352 g/mol. The van der Waals surface area contributed by atoms with E-state index in [9.17, 15) is 4.79 Å². The van der Waals surface area contributed by atoms with Crippen LogP contribution in [-0.4, -0.2) is 16.0 Å². The summed E-state index contributed by atoms with van der Waals surface area (Å²) in [5.41, 5.74) is 0.464. The topological polar surface area (TPSA) is 81.2 Å². The van der Waals surface area contributed by atoms with Crippen molar-refractivity contribution >= 4 is 34.8 Å². The van der Waals surface area contributed by atoms with Crippen molar-refractivity contribution in [2.45, 2.75) is 12.8 Å². The van der Waals surface area contributed by atoms with Crippen molar-refractivity contribution in [3.05, 3.63) is 52.5 Å². The van der Waals surface area contributed by atoms with Crippen LogP contribution in [0.5, 0.6) is 0 Å². The van der Waals surface area contributed by atoms with Gasteiger partial charge in [0, 0.05) is 17.9 Å². The van der Waals surface area contributed by atoms with Gasteiger partial charge in [0.25, 0.3) is 0 Å². The zero-order valence-electron chi connectivity index (χ0n) is 11.8. The summed E-state index contributed by atoms with van der Waals surface area (Å²) in [5, 5.41) is 7.40. The fraction of sp³-hybridized carbons (Fsp3) is 0.133. The van der Waals surface area contributed by atoms with Crippen LogP contribution in [-0.2, 0) is 11.2 Å². The zero-order chi connectivity index (χ0) is 16.2. The smallest absolute Gasteiger partial charge is 0.238 e. The number of nitrogens with one attached hydrogen (secondary N) is 1. The van der Waals surface area contributed by atoms with Crippen LogP contribution in [0.4, 0.5) is 5.69 Å². The van der Waals surface area contributed by atoms with E-state index in [1.165, 1.54) is 6.26 Å². The maximum absolute atomic E-state index is 12.0. The first-order chi connectivity index (χ1) is 11.1. The number of amides is 1. The molecule has 0 unspecified atom stereocenters. The van der Waals surface area contributed by atoms with Crippen LogP contribution < -0.4 is 5.32 Å². The Labute approximate surface area is 141 Å². The van der Waals surface area contributed by atoms with Crippen molar-refractivity contribution in [3.8, 4) is 11.6 Å². The molecule has 2 heterocycles. The van der Waals surface area contributed by atoms with Crippen molar-refractivity contribution < 1.29 is 13.7 Å². The predicted octanol–water partition coefficient (Wildman–Crippen LogP) is 4.21. The molecule has 0 aliphatic carbocycles. The first-order valence-corrected chi connectivity index (χ1v) is 7.49. The molecule has 0 aliphatic heterocycles. The van der Waals surface area contributed by atoms with E-state index in [0.29, 0.717) is 39.6 Å². The Kier molecular flexibility index (Phi) is 4.64. The quantitative estimate of drug-likeness (QED) is 0.744. The third-order valence-electron chi connectivity index (χ3n) is 2.98. The Morgan fingerprint density at radius 1 is 1.26 bits per heavy atom.